The van der Waals surface area contributed by atoms with Crippen molar-refractivity contribution in [2.75, 3.05) is 6.61 Å². The van der Waals surface area contributed by atoms with E-state index in [2.05, 4.69) is 0 Å². The van der Waals surface area contributed by atoms with Crippen molar-refractivity contribution in [3.8, 4) is 5.75 Å². The number of halogens is 1. The molecular formula is C12H16ClNO5S. The van der Waals surface area contributed by atoms with Gasteiger partial charge in [0.2, 0.25) is 0 Å². The van der Waals surface area contributed by atoms with Crippen LogP contribution in [0.4, 0.5) is 5.69 Å². The lowest BCUT2D eigenvalue weighted by atomic mass is 10.1. The van der Waals surface area contributed by atoms with E-state index in [4.69, 9.17) is 15.4 Å². The van der Waals surface area contributed by atoms with Crippen LogP contribution >= 0.6 is 10.7 Å². The molecule has 0 spiro atoms. The second kappa shape index (κ2) is 6.41. The number of ether oxygens (including phenoxy) is 1. The maximum Gasteiger partial charge on any atom is 0.271 e. The van der Waals surface area contributed by atoms with Gasteiger partial charge < -0.3 is 4.74 Å². The van der Waals surface area contributed by atoms with E-state index in [1.807, 2.05) is 13.8 Å². The lowest BCUT2D eigenvalue weighted by molar-refractivity contribution is -0.385. The molecule has 8 heteroatoms. The number of nitrogens with zero attached hydrogens (tertiary/aromatic N) is 1. The van der Waals surface area contributed by atoms with Crippen molar-refractivity contribution in [3.05, 3.63) is 27.8 Å². The molecule has 0 bridgehead atoms. The lowest BCUT2D eigenvalue weighted by Crippen LogP contribution is -2.07. The highest BCUT2D eigenvalue weighted by atomic mass is 35.7. The number of nitro groups is 1. The Morgan fingerprint density at radius 1 is 1.40 bits per heavy atom. The smallest absolute Gasteiger partial charge is 0.271 e. The van der Waals surface area contributed by atoms with Gasteiger partial charge in [-0.1, -0.05) is 13.8 Å². The molecule has 0 aliphatic heterocycles. The molecule has 0 saturated carbocycles. The van der Waals surface area contributed by atoms with Gasteiger partial charge >= 0.3 is 0 Å². The second-order valence-electron chi connectivity index (χ2n) is 4.82. The van der Waals surface area contributed by atoms with Crippen LogP contribution in [-0.4, -0.2) is 19.9 Å². The topological polar surface area (TPSA) is 86.5 Å². The Morgan fingerprint density at radius 3 is 2.45 bits per heavy atom. The van der Waals surface area contributed by atoms with Gasteiger partial charge in [0.05, 0.1) is 11.5 Å². The van der Waals surface area contributed by atoms with Crippen LogP contribution in [0.5, 0.6) is 5.75 Å². The van der Waals surface area contributed by atoms with Crippen LogP contribution in [0, 0.1) is 23.0 Å². The Balaban J connectivity index is 3.24. The monoisotopic (exact) mass is 321 g/mol. The van der Waals surface area contributed by atoms with E-state index in [1.54, 1.807) is 6.92 Å². The highest BCUT2D eigenvalue weighted by molar-refractivity contribution is 8.13. The standard InChI is InChI=1S/C12H16ClNO5S/c1-8(2)4-5-19-12-9(3)6-10(14(15)16)7-11(12)20(13,17)18/h6-8H,4-5H2,1-3H3. The van der Waals surface area contributed by atoms with Gasteiger partial charge in [-0.3, -0.25) is 10.1 Å². The Hall–Kier alpha value is -1.34. The van der Waals surface area contributed by atoms with E-state index in [9.17, 15) is 18.5 Å². The first-order valence-corrected chi connectivity index (χ1v) is 8.30. The molecule has 0 atom stereocenters. The van der Waals surface area contributed by atoms with Gasteiger partial charge in [0, 0.05) is 22.8 Å². The summed E-state index contributed by atoms with van der Waals surface area (Å²) in [5.74, 6) is 0.468. The predicted molar refractivity (Wildman–Crippen MR) is 75.8 cm³/mol. The SMILES string of the molecule is Cc1cc([N+](=O)[O-])cc(S(=O)(=O)Cl)c1OCCC(C)C. The van der Waals surface area contributed by atoms with Gasteiger partial charge in [0.25, 0.3) is 14.7 Å². The van der Waals surface area contributed by atoms with Crippen LogP contribution < -0.4 is 4.74 Å². The quantitative estimate of drug-likeness (QED) is 0.456. The summed E-state index contributed by atoms with van der Waals surface area (Å²) in [5.41, 5.74) is 0.0279. The highest BCUT2D eigenvalue weighted by Gasteiger charge is 2.24. The fraction of sp³-hybridized carbons (Fsp3) is 0.500. The largest absolute Gasteiger partial charge is 0.492 e. The van der Waals surface area contributed by atoms with Crippen molar-refractivity contribution in [1.82, 2.24) is 0 Å². The van der Waals surface area contributed by atoms with E-state index in [-0.39, 0.29) is 16.3 Å². The average molecular weight is 322 g/mol. The minimum atomic E-state index is -4.12. The molecule has 1 aromatic rings. The summed E-state index contributed by atoms with van der Waals surface area (Å²) in [7, 11) is 1.20. The highest BCUT2D eigenvalue weighted by Crippen LogP contribution is 2.34. The number of nitro benzene ring substituents is 1. The van der Waals surface area contributed by atoms with Gasteiger partial charge in [-0.05, 0) is 24.8 Å². The fourth-order valence-electron chi connectivity index (χ4n) is 1.59. The van der Waals surface area contributed by atoms with Gasteiger partial charge in [-0.15, -0.1) is 0 Å². The predicted octanol–water partition coefficient (Wildman–Crippen LogP) is 3.26. The fourth-order valence-corrected chi connectivity index (χ4v) is 2.64. The molecule has 0 aliphatic carbocycles. The molecule has 1 rings (SSSR count). The van der Waals surface area contributed by atoms with Crippen LogP contribution in [0.3, 0.4) is 0 Å². The average Bonchev–Trinajstić information content (AvgIpc) is 2.28. The first-order chi connectivity index (χ1) is 9.12. The summed E-state index contributed by atoms with van der Waals surface area (Å²) in [5, 5.41) is 10.8. The molecule has 0 fully saturated rings. The van der Waals surface area contributed by atoms with E-state index in [1.165, 1.54) is 6.07 Å². The number of benzene rings is 1. The number of non-ortho nitro benzene ring substituents is 1. The van der Waals surface area contributed by atoms with Gasteiger partial charge in [0.15, 0.2) is 0 Å². The van der Waals surface area contributed by atoms with Gasteiger partial charge in [-0.25, -0.2) is 8.42 Å². The molecule has 0 unspecified atom stereocenters. The second-order valence-corrected chi connectivity index (χ2v) is 7.35. The Morgan fingerprint density at radius 2 is 2.00 bits per heavy atom. The summed E-state index contributed by atoms with van der Waals surface area (Å²) in [4.78, 5) is 9.74. The molecule has 1 aromatic carbocycles. The zero-order chi connectivity index (χ0) is 15.5. The van der Waals surface area contributed by atoms with Crippen molar-refractivity contribution in [1.29, 1.82) is 0 Å². The van der Waals surface area contributed by atoms with Gasteiger partial charge in [0.1, 0.15) is 10.6 Å². The minimum absolute atomic E-state index is 0.0752. The summed E-state index contributed by atoms with van der Waals surface area (Å²) in [6.07, 6.45) is 0.734. The van der Waals surface area contributed by atoms with Crippen LogP contribution in [0.15, 0.2) is 17.0 Å². The van der Waals surface area contributed by atoms with Crippen LogP contribution in [0.25, 0.3) is 0 Å². The van der Waals surface area contributed by atoms with Crippen LogP contribution in [0.1, 0.15) is 25.8 Å². The van der Waals surface area contributed by atoms with Crippen molar-refractivity contribution in [3.63, 3.8) is 0 Å². The molecular weight excluding hydrogens is 306 g/mol. The third-order valence-electron chi connectivity index (χ3n) is 2.64. The normalized spacial score (nSPS) is 11.7. The summed E-state index contributed by atoms with van der Waals surface area (Å²) >= 11 is 0. The molecule has 6 nitrogen and oxygen atoms in total. The lowest BCUT2D eigenvalue weighted by Gasteiger charge is -2.13. The third kappa shape index (κ3) is 4.35. The molecule has 0 radical (unpaired) electrons. The number of rotatable bonds is 6. The summed E-state index contributed by atoms with van der Waals surface area (Å²) in [6, 6.07) is 2.18. The van der Waals surface area contributed by atoms with Crippen molar-refractivity contribution in [2.45, 2.75) is 32.1 Å². The van der Waals surface area contributed by atoms with E-state index >= 15 is 0 Å². The Labute approximate surface area is 122 Å². The number of aryl methyl sites for hydroxylation is 1. The van der Waals surface area contributed by atoms with E-state index in [0.717, 1.165) is 12.5 Å². The number of hydrogen-bond acceptors (Lipinski definition) is 5. The summed E-state index contributed by atoms with van der Waals surface area (Å²) < 4.78 is 28.5. The first kappa shape index (κ1) is 16.7. The van der Waals surface area contributed by atoms with Crippen LogP contribution in [0.2, 0.25) is 0 Å². The molecule has 0 aliphatic rings. The van der Waals surface area contributed by atoms with Crippen molar-refractivity contribution in [2.24, 2.45) is 5.92 Å². The first-order valence-electron chi connectivity index (χ1n) is 5.99. The maximum absolute atomic E-state index is 11.5. The van der Waals surface area contributed by atoms with Gasteiger partial charge in [-0.2, -0.15) is 0 Å². The molecule has 0 heterocycles. The third-order valence-corrected chi connectivity index (χ3v) is 3.97. The Kier molecular flexibility index (Phi) is 5.35. The molecule has 0 N–H and O–H groups in total. The number of hydrogen-bond donors (Lipinski definition) is 0. The molecule has 0 amide bonds. The molecule has 112 valence electrons. The minimum Gasteiger partial charge on any atom is -0.492 e. The van der Waals surface area contributed by atoms with E-state index < -0.39 is 14.0 Å². The Bertz CT molecular complexity index is 613. The molecule has 20 heavy (non-hydrogen) atoms. The zero-order valence-corrected chi connectivity index (χ0v) is 13.0. The molecule has 0 saturated heterocycles. The van der Waals surface area contributed by atoms with Crippen LogP contribution in [-0.2, 0) is 9.05 Å². The van der Waals surface area contributed by atoms with E-state index in [0.29, 0.717) is 18.1 Å². The molecule has 0 aromatic heterocycles. The summed E-state index contributed by atoms with van der Waals surface area (Å²) in [6.45, 7) is 5.87. The van der Waals surface area contributed by atoms with Crippen molar-refractivity contribution < 1.29 is 18.1 Å². The maximum atomic E-state index is 11.5. The zero-order valence-electron chi connectivity index (χ0n) is 11.4. The van der Waals surface area contributed by atoms with Crippen molar-refractivity contribution >= 4 is 25.4 Å².